The lowest BCUT2D eigenvalue weighted by atomic mass is 10.0. The highest BCUT2D eigenvalue weighted by Gasteiger charge is 2.27. The molecule has 11 heteroatoms. The number of hydrogen-bond donors (Lipinski definition) is 3. The molecule has 4 rings (SSSR count). The van der Waals surface area contributed by atoms with E-state index in [0.717, 1.165) is 18.2 Å². The van der Waals surface area contributed by atoms with Gasteiger partial charge in [0.2, 0.25) is 0 Å². The van der Waals surface area contributed by atoms with Crippen LogP contribution in [-0.2, 0) is 10.0 Å². The molecule has 34 heavy (non-hydrogen) atoms. The normalized spacial score (nSPS) is 17.3. The second-order valence-corrected chi connectivity index (χ2v) is 9.63. The van der Waals surface area contributed by atoms with Gasteiger partial charge in [0.05, 0.1) is 17.3 Å². The van der Waals surface area contributed by atoms with Crippen molar-refractivity contribution in [1.29, 1.82) is 0 Å². The smallest absolute Gasteiger partial charge is 0.265 e. The molecule has 0 spiro atoms. The van der Waals surface area contributed by atoms with Crippen molar-refractivity contribution in [3.05, 3.63) is 70.8 Å². The zero-order valence-corrected chi connectivity index (χ0v) is 19.3. The van der Waals surface area contributed by atoms with E-state index in [1.165, 1.54) is 0 Å². The Hall–Kier alpha value is -3.37. The summed E-state index contributed by atoms with van der Waals surface area (Å²) < 4.78 is 63.5. The van der Waals surface area contributed by atoms with Crippen LogP contribution in [-0.4, -0.2) is 32.1 Å². The van der Waals surface area contributed by atoms with Crippen molar-refractivity contribution in [3.63, 3.8) is 0 Å². The predicted molar refractivity (Wildman–Crippen MR) is 123 cm³/mol. The number of ether oxygens (including phenoxy) is 1. The third-order valence-electron chi connectivity index (χ3n) is 5.30. The van der Waals surface area contributed by atoms with Crippen LogP contribution in [0, 0.1) is 11.6 Å². The fourth-order valence-electron chi connectivity index (χ4n) is 3.49. The summed E-state index contributed by atoms with van der Waals surface area (Å²) in [6.45, 7) is 1.87. The number of nitrogens with one attached hydrogen (secondary N) is 2. The van der Waals surface area contributed by atoms with Gasteiger partial charge in [-0.2, -0.15) is 0 Å². The first-order valence-corrected chi connectivity index (χ1v) is 12.1. The van der Waals surface area contributed by atoms with E-state index in [4.69, 9.17) is 16.3 Å². The minimum atomic E-state index is -4.64. The van der Waals surface area contributed by atoms with Crippen molar-refractivity contribution in [2.24, 2.45) is 0 Å². The Labute approximate surface area is 199 Å². The summed E-state index contributed by atoms with van der Waals surface area (Å²) in [5.74, 6) is -3.34. The molecule has 0 saturated carbocycles. The minimum Gasteiger partial charge on any atom is -0.505 e. The monoisotopic (exact) mass is 508 g/mol. The lowest BCUT2D eigenvalue weighted by Crippen LogP contribution is -2.35. The van der Waals surface area contributed by atoms with Gasteiger partial charge in [-0.3, -0.25) is 9.52 Å². The molecule has 0 saturated heterocycles. The molecule has 1 unspecified atom stereocenters. The molecule has 0 radical (unpaired) electrons. The summed E-state index contributed by atoms with van der Waals surface area (Å²) in [5, 5.41) is 12.5. The van der Waals surface area contributed by atoms with Gasteiger partial charge >= 0.3 is 0 Å². The average Bonchev–Trinajstić information content (AvgIpc) is 2.79. The highest BCUT2D eigenvalue weighted by atomic mass is 35.5. The number of phenols is 1. The molecule has 3 aromatic rings. The highest BCUT2D eigenvalue weighted by Crippen LogP contribution is 2.37. The number of sulfonamides is 1. The van der Waals surface area contributed by atoms with Gasteiger partial charge in [0.25, 0.3) is 15.9 Å². The Morgan fingerprint density at radius 2 is 1.85 bits per heavy atom. The van der Waals surface area contributed by atoms with Crippen molar-refractivity contribution >= 4 is 33.2 Å². The van der Waals surface area contributed by atoms with Gasteiger partial charge in [-0.15, -0.1) is 0 Å². The maximum absolute atomic E-state index is 14.8. The number of halogens is 3. The molecular formula is C23H19ClF2N2O5S. The number of para-hydroxylation sites is 1. The number of phenolic OH excluding ortho intramolecular Hbond substituents is 1. The topological polar surface area (TPSA) is 105 Å². The van der Waals surface area contributed by atoms with Crippen LogP contribution in [0.15, 0.2) is 53.4 Å². The van der Waals surface area contributed by atoms with Gasteiger partial charge in [0.1, 0.15) is 28.4 Å². The Morgan fingerprint density at radius 3 is 2.59 bits per heavy atom. The summed E-state index contributed by atoms with van der Waals surface area (Å²) in [5.41, 5.74) is -0.571. The first-order valence-electron chi connectivity index (χ1n) is 10.2. The van der Waals surface area contributed by atoms with Crippen LogP contribution in [0.2, 0.25) is 5.02 Å². The van der Waals surface area contributed by atoms with Crippen molar-refractivity contribution in [3.8, 4) is 22.6 Å². The number of carbonyl (C=O) groups excluding carboxylic acids is 1. The van der Waals surface area contributed by atoms with Crippen LogP contribution in [0.1, 0.15) is 23.7 Å². The maximum atomic E-state index is 14.8. The zero-order valence-electron chi connectivity index (χ0n) is 17.7. The second-order valence-electron chi connectivity index (χ2n) is 7.58. The molecule has 0 aromatic heterocycles. The van der Waals surface area contributed by atoms with E-state index in [9.17, 15) is 27.1 Å². The summed E-state index contributed by atoms with van der Waals surface area (Å²) in [7, 11) is -4.64. The summed E-state index contributed by atoms with van der Waals surface area (Å²) in [6, 6.07) is 9.99. The van der Waals surface area contributed by atoms with E-state index < -0.39 is 55.0 Å². The molecule has 1 heterocycles. The van der Waals surface area contributed by atoms with Crippen LogP contribution in [0.4, 0.5) is 14.5 Å². The van der Waals surface area contributed by atoms with Crippen LogP contribution < -0.4 is 14.8 Å². The van der Waals surface area contributed by atoms with Crippen molar-refractivity contribution in [2.45, 2.75) is 24.3 Å². The SMILES string of the molecule is CCC1CNC(=O)c2cc(Cl)c(O)c(c2)S(=O)(=O)Nc2cc(c(F)cc2F)-c2ccccc2O1. The molecule has 1 amide bonds. The molecule has 7 nitrogen and oxygen atoms in total. The number of carbonyl (C=O) groups is 1. The number of fused-ring (bicyclic) bond motifs is 6. The molecule has 1 aliphatic rings. The van der Waals surface area contributed by atoms with E-state index in [2.05, 4.69) is 5.32 Å². The Kier molecular flexibility index (Phi) is 6.37. The predicted octanol–water partition coefficient (Wildman–Crippen LogP) is 4.69. The van der Waals surface area contributed by atoms with Gasteiger partial charge in [-0.05, 0) is 30.7 Å². The zero-order chi connectivity index (χ0) is 24.6. The number of benzene rings is 3. The van der Waals surface area contributed by atoms with Gasteiger partial charge in [-0.1, -0.05) is 36.7 Å². The first kappa shape index (κ1) is 23.8. The van der Waals surface area contributed by atoms with Gasteiger partial charge in [-0.25, -0.2) is 17.2 Å². The fourth-order valence-corrected chi connectivity index (χ4v) is 4.97. The Bertz CT molecular complexity index is 1400. The van der Waals surface area contributed by atoms with Gasteiger partial charge in [0.15, 0.2) is 5.75 Å². The average molecular weight is 509 g/mol. The number of amides is 1. The second kappa shape index (κ2) is 9.11. The van der Waals surface area contributed by atoms with E-state index in [1.807, 2.05) is 11.6 Å². The number of aromatic hydroxyl groups is 1. The molecule has 178 valence electrons. The lowest BCUT2D eigenvalue weighted by molar-refractivity contribution is 0.0926. The molecule has 3 aromatic carbocycles. The van der Waals surface area contributed by atoms with E-state index in [1.54, 1.807) is 24.3 Å². The summed E-state index contributed by atoms with van der Waals surface area (Å²) in [4.78, 5) is 12.0. The minimum absolute atomic E-state index is 0.0413. The quantitative estimate of drug-likeness (QED) is 0.442. The molecular weight excluding hydrogens is 490 g/mol. The largest absolute Gasteiger partial charge is 0.505 e. The number of rotatable bonds is 1. The Morgan fingerprint density at radius 1 is 1.12 bits per heavy atom. The van der Waals surface area contributed by atoms with Crippen LogP contribution in [0.25, 0.3) is 11.1 Å². The standard InChI is InChI=1S/C23H19ClF2N2O5S/c1-2-13-11-27-23(30)12-7-16(24)22(29)21(8-12)34(31,32)28-19-9-15(17(25)10-18(19)26)14-5-3-4-6-20(14)33-13/h3-10,13,28-29H,2,11H2,1H3,(H,27,30). The first-order chi connectivity index (χ1) is 16.1. The highest BCUT2D eigenvalue weighted by molar-refractivity contribution is 7.92. The number of anilines is 1. The van der Waals surface area contributed by atoms with Crippen molar-refractivity contribution in [2.75, 3.05) is 11.3 Å². The third-order valence-corrected chi connectivity index (χ3v) is 6.96. The molecule has 1 aliphatic heterocycles. The summed E-state index contributed by atoms with van der Waals surface area (Å²) >= 11 is 5.97. The van der Waals surface area contributed by atoms with E-state index in [0.29, 0.717) is 12.5 Å². The van der Waals surface area contributed by atoms with E-state index >= 15 is 0 Å². The molecule has 0 fully saturated rings. The molecule has 1 atom stereocenters. The third kappa shape index (κ3) is 4.51. The summed E-state index contributed by atoms with van der Waals surface area (Å²) in [6.07, 6.45) is -0.0457. The van der Waals surface area contributed by atoms with Gasteiger partial charge < -0.3 is 15.2 Å². The molecule has 3 N–H and O–H groups in total. The van der Waals surface area contributed by atoms with Gasteiger partial charge in [0, 0.05) is 22.8 Å². The van der Waals surface area contributed by atoms with Crippen LogP contribution in [0.3, 0.4) is 0 Å². The van der Waals surface area contributed by atoms with Crippen molar-refractivity contribution in [1.82, 2.24) is 5.32 Å². The molecule has 0 aliphatic carbocycles. The molecule has 4 bridgehead atoms. The van der Waals surface area contributed by atoms with Crippen LogP contribution >= 0.6 is 11.6 Å². The Balaban J connectivity index is 1.96. The maximum Gasteiger partial charge on any atom is 0.265 e. The lowest BCUT2D eigenvalue weighted by Gasteiger charge is -2.21. The van der Waals surface area contributed by atoms with Crippen LogP contribution in [0.5, 0.6) is 11.5 Å². The van der Waals surface area contributed by atoms with E-state index in [-0.39, 0.29) is 29.0 Å². The fraction of sp³-hybridized carbons (Fsp3) is 0.174. The van der Waals surface area contributed by atoms with Crippen molar-refractivity contribution < 1.29 is 31.8 Å². The number of hydrogen-bond acceptors (Lipinski definition) is 5.